The van der Waals surface area contributed by atoms with Gasteiger partial charge in [-0.2, -0.15) is 0 Å². The molecule has 34 heavy (non-hydrogen) atoms. The van der Waals surface area contributed by atoms with Gasteiger partial charge in [0.2, 0.25) is 11.7 Å². The normalized spacial score (nSPS) is 22.4. The van der Waals surface area contributed by atoms with E-state index in [4.69, 9.17) is 32.4 Å². The number of hydrogen-bond acceptors (Lipinski definition) is 5. The molecule has 0 radical (unpaired) electrons. The highest BCUT2D eigenvalue weighted by atomic mass is 35.5. The molecule has 3 aliphatic carbocycles. The molecule has 3 aromatic rings. The number of oxazole rings is 1. The van der Waals surface area contributed by atoms with Crippen LogP contribution in [-0.4, -0.2) is 34.5 Å². The Morgan fingerprint density at radius 1 is 1.00 bits per heavy atom. The monoisotopic (exact) mass is 507 g/mol. The summed E-state index contributed by atoms with van der Waals surface area (Å²) in [7, 11) is 0. The van der Waals surface area contributed by atoms with Crippen molar-refractivity contribution in [2.24, 2.45) is 0 Å². The molecule has 2 N–H and O–H groups in total. The van der Waals surface area contributed by atoms with E-state index in [-0.39, 0.29) is 40.0 Å². The number of nitrogens with one attached hydrogen (secondary N) is 2. The minimum atomic E-state index is -0.629. The van der Waals surface area contributed by atoms with E-state index in [1.807, 2.05) is 0 Å². The molecule has 0 atom stereocenters. The van der Waals surface area contributed by atoms with E-state index in [0.29, 0.717) is 24.8 Å². The number of amides is 2. The van der Waals surface area contributed by atoms with Crippen LogP contribution in [0.25, 0.3) is 11.5 Å². The Labute approximate surface area is 202 Å². The fourth-order valence-corrected chi connectivity index (χ4v) is 4.78. The molecule has 6 rings (SSSR count). The van der Waals surface area contributed by atoms with Crippen molar-refractivity contribution >= 4 is 35.0 Å². The Kier molecular flexibility index (Phi) is 5.49. The van der Waals surface area contributed by atoms with Crippen LogP contribution in [0.15, 0.2) is 47.0 Å². The second kappa shape index (κ2) is 8.25. The Bertz CT molecular complexity index is 1290. The number of halogens is 4. The number of carbonyl (C=O) groups excluding carboxylic acids is 2. The van der Waals surface area contributed by atoms with Gasteiger partial charge in [0.15, 0.2) is 6.61 Å². The highest BCUT2D eigenvalue weighted by Gasteiger charge is 2.69. The van der Waals surface area contributed by atoms with Crippen LogP contribution in [-0.2, 0) is 4.79 Å². The first kappa shape index (κ1) is 22.6. The van der Waals surface area contributed by atoms with E-state index in [1.165, 1.54) is 30.5 Å². The summed E-state index contributed by atoms with van der Waals surface area (Å²) in [4.78, 5) is 28.9. The minimum absolute atomic E-state index is 0.00299. The summed E-state index contributed by atoms with van der Waals surface area (Å²) in [5.41, 5.74) is -0.465. The van der Waals surface area contributed by atoms with Gasteiger partial charge in [0.25, 0.3) is 11.8 Å². The van der Waals surface area contributed by atoms with Crippen molar-refractivity contribution < 1.29 is 27.5 Å². The van der Waals surface area contributed by atoms with Crippen LogP contribution in [0, 0.1) is 11.6 Å². The van der Waals surface area contributed by atoms with Gasteiger partial charge in [0, 0.05) is 22.7 Å². The topological polar surface area (TPSA) is 93.5 Å². The van der Waals surface area contributed by atoms with Crippen molar-refractivity contribution in [3.05, 3.63) is 70.0 Å². The highest BCUT2D eigenvalue weighted by Crippen LogP contribution is 2.60. The molecule has 2 bridgehead atoms. The lowest BCUT2D eigenvalue weighted by Gasteiger charge is -2.70. The number of hydrogen-bond donors (Lipinski definition) is 2. The van der Waals surface area contributed by atoms with Crippen molar-refractivity contribution in [1.29, 1.82) is 0 Å². The van der Waals surface area contributed by atoms with Crippen LogP contribution in [0.5, 0.6) is 5.75 Å². The summed E-state index contributed by atoms with van der Waals surface area (Å²) >= 11 is 11.3. The maximum atomic E-state index is 13.7. The molecule has 1 heterocycles. The van der Waals surface area contributed by atoms with E-state index >= 15 is 0 Å². The molecule has 176 valence electrons. The van der Waals surface area contributed by atoms with Gasteiger partial charge in [-0.05, 0) is 49.6 Å². The average Bonchev–Trinajstić information content (AvgIpc) is 3.24. The van der Waals surface area contributed by atoms with E-state index in [0.717, 1.165) is 6.07 Å². The van der Waals surface area contributed by atoms with Crippen molar-refractivity contribution in [3.63, 3.8) is 0 Å². The third-order valence-electron chi connectivity index (χ3n) is 5.97. The van der Waals surface area contributed by atoms with Gasteiger partial charge in [-0.15, -0.1) is 0 Å². The molecule has 3 fully saturated rings. The number of rotatable bonds is 7. The standard InChI is InChI=1S/C23H17Cl2F2N3O4/c24-14-3-1-12(5-16(14)26)21-28-7-18(34-21)20(32)30-23-9-22(10-23,11-23)29-19(31)8-33-13-2-4-15(25)17(27)6-13/h1-7H,8-11H2,(H,29,31)(H,30,32). The first-order valence-corrected chi connectivity index (χ1v) is 11.0. The van der Waals surface area contributed by atoms with Gasteiger partial charge >= 0.3 is 0 Å². The quantitative estimate of drug-likeness (QED) is 0.490. The van der Waals surface area contributed by atoms with Gasteiger partial charge in [0.1, 0.15) is 17.4 Å². The Morgan fingerprint density at radius 3 is 2.32 bits per heavy atom. The second-order valence-electron chi connectivity index (χ2n) is 8.62. The highest BCUT2D eigenvalue weighted by molar-refractivity contribution is 6.31. The predicted octanol–water partition coefficient (Wildman–Crippen LogP) is 4.53. The maximum absolute atomic E-state index is 13.7. The van der Waals surface area contributed by atoms with Crippen LogP contribution in [0.1, 0.15) is 29.8 Å². The molecule has 11 heteroatoms. The molecule has 0 saturated heterocycles. The van der Waals surface area contributed by atoms with E-state index in [9.17, 15) is 18.4 Å². The number of benzene rings is 2. The van der Waals surface area contributed by atoms with Crippen molar-refractivity contribution in [2.45, 2.75) is 30.3 Å². The van der Waals surface area contributed by atoms with E-state index in [2.05, 4.69) is 15.6 Å². The first-order chi connectivity index (χ1) is 16.2. The number of carbonyl (C=O) groups is 2. The number of nitrogens with zero attached hydrogens (tertiary/aromatic N) is 1. The summed E-state index contributed by atoms with van der Waals surface area (Å²) in [5.74, 6) is -1.73. The third-order valence-corrected chi connectivity index (χ3v) is 6.58. The Morgan fingerprint density at radius 2 is 1.65 bits per heavy atom. The number of ether oxygens (including phenoxy) is 1. The zero-order valence-corrected chi connectivity index (χ0v) is 19.0. The summed E-state index contributed by atoms with van der Waals surface area (Å²) in [6.07, 6.45) is 2.97. The molecule has 3 saturated carbocycles. The van der Waals surface area contributed by atoms with E-state index in [1.54, 1.807) is 6.07 Å². The van der Waals surface area contributed by atoms with Gasteiger partial charge < -0.3 is 19.8 Å². The smallest absolute Gasteiger partial charge is 0.289 e. The second-order valence-corrected chi connectivity index (χ2v) is 9.43. The summed E-state index contributed by atoms with van der Waals surface area (Å²) in [5, 5.41) is 5.78. The van der Waals surface area contributed by atoms with Crippen molar-refractivity contribution in [1.82, 2.24) is 15.6 Å². The zero-order valence-electron chi connectivity index (χ0n) is 17.5. The van der Waals surface area contributed by atoms with E-state index < -0.39 is 28.6 Å². The largest absolute Gasteiger partial charge is 0.484 e. The summed E-state index contributed by atoms with van der Waals surface area (Å²) in [6, 6.07) is 8.03. The average molecular weight is 508 g/mol. The molecular weight excluding hydrogens is 491 g/mol. The fourth-order valence-electron chi connectivity index (χ4n) is 4.54. The molecule has 0 spiro atoms. The molecule has 7 nitrogen and oxygen atoms in total. The minimum Gasteiger partial charge on any atom is -0.484 e. The van der Waals surface area contributed by atoms with Gasteiger partial charge in [-0.3, -0.25) is 9.59 Å². The van der Waals surface area contributed by atoms with Crippen LogP contribution in [0.2, 0.25) is 10.0 Å². The molecule has 3 aliphatic rings. The molecule has 2 aromatic carbocycles. The fraction of sp³-hybridized carbons (Fsp3) is 0.261. The number of aromatic nitrogens is 1. The van der Waals surface area contributed by atoms with Crippen LogP contribution in [0.4, 0.5) is 8.78 Å². The van der Waals surface area contributed by atoms with Gasteiger partial charge in [-0.25, -0.2) is 13.8 Å². The summed E-state index contributed by atoms with van der Waals surface area (Å²) < 4.78 is 37.9. The predicted molar refractivity (Wildman–Crippen MR) is 119 cm³/mol. The van der Waals surface area contributed by atoms with Crippen LogP contribution >= 0.6 is 23.2 Å². The molecule has 2 amide bonds. The third kappa shape index (κ3) is 4.21. The SMILES string of the molecule is O=C(COc1ccc(Cl)c(F)c1)NC12CC(NC(=O)c3cnc(-c4ccc(Cl)c(F)c4)o3)(C1)C2. The molecule has 1 aromatic heterocycles. The summed E-state index contributed by atoms with van der Waals surface area (Å²) in [6.45, 7) is -0.270. The van der Waals surface area contributed by atoms with Gasteiger partial charge in [-0.1, -0.05) is 23.2 Å². The molecule has 0 unspecified atom stereocenters. The van der Waals surface area contributed by atoms with Crippen LogP contribution < -0.4 is 15.4 Å². The molecular formula is C23H17Cl2F2N3O4. The lowest BCUT2D eigenvalue weighted by molar-refractivity contribution is -0.141. The Hall–Kier alpha value is -3.17. The van der Waals surface area contributed by atoms with Crippen LogP contribution in [0.3, 0.4) is 0 Å². The first-order valence-electron chi connectivity index (χ1n) is 10.3. The lowest BCUT2D eigenvalue weighted by Crippen LogP contribution is -2.84. The Balaban J connectivity index is 1.11. The van der Waals surface area contributed by atoms with Crippen molar-refractivity contribution in [2.75, 3.05) is 6.61 Å². The van der Waals surface area contributed by atoms with Crippen molar-refractivity contribution in [3.8, 4) is 17.2 Å². The van der Waals surface area contributed by atoms with Gasteiger partial charge in [0.05, 0.1) is 16.2 Å². The zero-order chi connectivity index (χ0) is 24.1. The molecule has 0 aliphatic heterocycles. The lowest BCUT2D eigenvalue weighted by atomic mass is 9.44. The maximum Gasteiger partial charge on any atom is 0.289 e.